The monoisotopic (exact) mass is 367 g/mol. The first-order valence-electron chi connectivity index (χ1n) is 9.51. The second kappa shape index (κ2) is 6.83. The van der Waals surface area contributed by atoms with Gasteiger partial charge in [0.05, 0.1) is 6.10 Å². The van der Waals surface area contributed by atoms with Crippen LogP contribution in [0.4, 0.5) is 4.79 Å². The average molecular weight is 367 g/mol. The molecule has 0 unspecified atom stereocenters. The second-order valence-electron chi connectivity index (χ2n) is 7.82. The molecule has 1 amide bonds. The molecule has 2 aromatic rings. The molecule has 4 rings (SSSR count). The molecule has 2 aliphatic rings. The Hall–Kier alpha value is -2.63. The summed E-state index contributed by atoms with van der Waals surface area (Å²) in [6.45, 7) is 7.10. The van der Waals surface area contributed by atoms with Gasteiger partial charge in [-0.05, 0) is 61.8 Å². The minimum atomic E-state index is -0.149. The number of Topliss-reactive ketones (excluding diaryl/α,β-unsaturated/α-hetero) is 1. The molecule has 0 bridgehead atoms. The molecule has 1 aliphatic carbocycles. The number of ether oxygens (including phenoxy) is 1. The molecule has 1 aliphatic heterocycles. The quantitative estimate of drug-likeness (QED) is 0.780. The molecule has 2 heterocycles. The predicted molar refractivity (Wildman–Crippen MR) is 101 cm³/mol. The Labute approximate surface area is 159 Å². The maximum Gasteiger partial charge on any atom is 0.344 e. The van der Waals surface area contributed by atoms with Crippen LogP contribution in [0.5, 0.6) is 5.75 Å². The number of fused-ring (bicyclic) bond motifs is 1. The van der Waals surface area contributed by atoms with Gasteiger partial charge in [0.2, 0.25) is 0 Å². The molecule has 0 N–H and O–H groups in total. The maximum atomic E-state index is 12.7. The standard InChI is InChI=1S/C21H25N3O3/c1-13-5-4-6-20(14(13)2)27-18-9-16-11-23(12-17(16)10-18)21(26)24-8-7-19(22-24)15(3)25/h4-8,16-18H,9-12H2,1-3H3/t16-,17+,18+. The molecule has 1 saturated carbocycles. The van der Waals surface area contributed by atoms with Gasteiger partial charge in [0.15, 0.2) is 5.78 Å². The summed E-state index contributed by atoms with van der Waals surface area (Å²) in [7, 11) is 0. The number of amides is 1. The first-order valence-corrected chi connectivity index (χ1v) is 9.51. The Bertz CT molecular complexity index is 875. The fourth-order valence-corrected chi connectivity index (χ4v) is 4.29. The van der Waals surface area contributed by atoms with Crippen LogP contribution in [0.2, 0.25) is 0 Å². The lowest BCUT2D eigenvalue weighted by molar-refractivity contribution is 0.101. The molecule has 6 nitrogen and oxygen atoms in total. The highest BCUT2D eigenvalue weighted by Crippen LogP contribution is 2.40. The van der Waals surface area contributed by atoms with Crippen molar-refractivity contribution in [1.29, 1.82) is 0 Å². The van der Waals surface area contributed by atoms with Gasteiger partial charge in [-0.1, -0.05) is 12.1 Å². The fraction of sp³-hybridized carbons (Fsp3) is 0.476. The van der Waals surface area contributed by atoms with E-state index < -0.39 is 0 Å². The van der Waals surface area contributed by atoms with Crippen molar-refractivity contribution >= 4 is 11.8 Å². The van der Waals surface area contributed by atoms with E-state index in [1.807, 2.05) is 17.0 Å². The Kier molecular flexibility index (Phi) is 4.50. The summed E-state index contributed by atoms with van der Waals surface area (Å²) in [6, 6.07) is 7.61. The summed E-state index contributed by atoms with van der Waals surface area (Å²) >= 11 is 0. The third kappa shape index (κ3) is 3.36. The van der Waals surface area contributed by atoms with Gasteiger partial charge in [0.1, 0.15) is 11.4 Å². The predicted octanol–water partition coefficient (Wildman–Crippen LogP) is 3.46. The van der Waals surface area contributed by atoms with Crippen LogP contribution in [0.25, 0.3) is 0 Å². The highest BCUT2D eigenvalue weighted by atomic mass is 16.5. The van der Waals surface area contributed by atoms with Gasteiger partial charge in [-0.2, -0.15) is 9.78 Å². The van der Waals surface area contributed by atoms with E-state index in [9.17, 15) is 9.59 Å². The summed E-state index contributed by atoms with van der Waals surface area (Å²) in [5.74, 6) is 1.77. The lowest BCUT2D eigenvalue weighted by Crippen LogP contribution is -2.34. The molecule has 1 aromatic carbocycles. The summed E-state index contributed by atoms with van der Waals surface area (Å²) in [6.07, 6.45) is 3.73. The lowest BCUT2D eigenvalue weighted by atomic mass is 10.0. The number of aryl methyl sites for hydroxylation is 1. The molecule has 3 atom stereocenters. The van der Waals surface area contributed by atoms with Crippen molar-refractivity contribution in [3.05, 3.63) is 47.3 Å². The van der Waals surface area contributed by atoms with Crippen molar-refractivity contribution in [3.8, 4) is 5.75 Å². The molecule has 0 spiro atoms. The van der Waals surface area contributed by atoms with E-state index in [1.54, 1.807) is 12.3 Å². The third-order valence-electron chi connectivity index (χ3n) is 5.97. The average Bonchev–Trinajstić information content (AvgIpc) is 3.32. The van der Waals surface area contributed by atoms with Crippen LogP contribution in [0.1, 0.15) is 41.4 Å². The van der Waals surface area contributed by atoms with Crippen molar-refractivity contribution < 1.29 is 14.3 Å². The van der Waals surface area contributed by atoms with Crippen LogP contribution in [0, 0.1) is 25.7 Å². The highest BCUT2D eigenvalue weighted by Gasteiger charge is 2.43. The number of carbonyl (C=O) groups excluding carboxylic acids is 2. The van der Waals surface area contributed by atoms with Gasteiger partial charge in [0.25, 0.3) is 0 Å². The largest absolute Gasteiger partial charge is 0.490 e. The highest BCUT2D eigenvalue weighted by molar-refractivity contribution is 5.92. The fourth-order valence-electron chi connectivity index (χ4n) is 4.29. The smallest absolute Gasteiger partial charge is 0.344 e. The van der Waals surface area contributed by atoms with E-state index in [4.69, 9.17) is 4.74 Å². The number of hydrogen-bond donors (Lipinski definition) is 0. The van der Waals surface area contributed by atoms with Crippen molar-refractivity contribution in [2.45, 2.75) is 39.7 Å². The van der Waals surface area contributed by atoms with E-state index in [2.05, 4.69) is 25.0 Å². The number of likely N-dealkylation sites (tertiary alicyclic amines) is 1. The number of benzene rings is 1. The Morgan fingerprint density at radius 1 is 1.11 bits per heavy atom. The molecule has 1 saturated heterocycles. The molecular formula is C21H25N3O3. The molecule has 0 radical (unpaired) electrons. The molecule has 1 aromatic heterocycles. The van der Waals surface area contributed by atoms with Crippen LogP contribution in [-0.2, 0) is 0 Å². The minimum Gasteiger partial charge on any atom is -0.490 e. The van der Waals surface area contributed by atoms with Crippen LogP contribution in [0.3, 0.4) is 0 Å². The number of hydrogen-bond acceptors (Lipinski definition) is 4. The SMILES string of the molecule is CC(=O)c1ccn(C(=O)N2C[C@H]3C[C@H](Oc4cccc(C)c4C)C[C@H]3C2)n1. The van der Waals surface area contributed by atoms with Crippen molar-refractivity contribution in [1.82, 2.24) is 14.7 Å². The van der Waals surface area contributed by atoms with Crippen LogP contribution >= 0.6 is 0 Å². The molecule has 142 valence electrons. The minimum absolute atomic E-state index is 0.133. The second-order valence-corrected chi connectivity index (χ2v) is 7.82. The normalized spacial score (nSPS) is 24.1. The maximum absolute atomic E-state index is 12.7. The topological polar surface area (TPSA) is 64.4 Å². The number of nitrogens with zero attached hydrogens (tertiary/aromatic N) is 3. The van der Waals surface area contributed by atoms with Crippen molar-refractivity contribution in [3.63, 3.8) is 0 Å². The molecule has 27 heavy (non-hydrogen) atoms. The van der Waals surface area contributed by atoms with Gasteiger partial charge < -0.3 is 9.64 Å². The molecule has 6 heteroatoms. The van der Waals surface area contributed by atoms with E-state index in [1.165, 1.54) is 22.7 Å². The van der Waals surface area contributed by atoms with Gasteiger partial charge in [-0.3, -0.25) is 4.79 Å². The summed E-state index contributed by atoms with van der Waals surface area (Å²) in [5.41, 5.74) is 2.77. The molecule has 2 fully saturated rings. The Morgan fingerprint density at radius 3 is 2.44 bits per heavy atom. The molecular weight excluding hydrogens is 342 g/mol. The van der Waals surface area contributed by atoms with E-state index in [0.29, 0.717) is 17.5 Å². The Morgan fingerprint density at radius 2 is 1.81 bits per heavy atom. The van der Waals surface area contributed by atoms with Gasteiger partial charge in [-0.15, -0.1) is 0 Å². The first-order chi connectivity index (χ1) is 12.9. The summed E-state index contributed by atoms with van der Waals surface area (Å²) in [4.78, 5) is 25.9. The van der Waals surface area contributed by atoms with Gasteiger partial charge in [0, 0.05) is 26.2 Å². The summed E-state index contributed by atoms with van der Waals surface area (Å²) in [5, 5.41) is 4.09. The van der Waals surface area contributed by atoms with E-state index >= 15 is 0 Å². The van der Waals surface area contributed by atoms with E-state index in [-0.39, 0.29) is 17.9 Å². The van der Waals surface area contributed by atoms with Crippen LogP contribution in [0.15, 0.2) is 30.5 Å². The van der Waals surface area contributed by atoms with Gasteiger partial charge >= 0.3 is 6.03 Å². The third-order valence-corrected chi connectivity index (χ3v) is 5.97. The summed E-state index contributed by atoms with van der Waals surface area (Å²) < 4.78 is 7.55. The van der Waals surface area contributed by atoms with Crippen LogP contribution < -0.4 is 4.74 Å². The number of carbonyl (C=O) groups is 2. The van der Waals surface area contributed by atoms with Crippen molar-refractivity contribution in [2.75, 3.05) is 13.1 Å². The number of ketones is 1. The number of rotatable bonds is 3. The van der Waals surface area contributed by atoms with Gasteiger partial charge in [-0.25, -0.2) is 4.79 Å². The van der Waals surface area contributed by atoms with E-state index in [0.717, 1.165) is 31.7 Å². The Balaban J connectivity index is 1.37. The van der Waals surface area contributed by atoms with Crippen molar-refractivity contribution in [2.24, 2.45) is 11.8 Å². The first kappa shape index (κ1) is 17.8. The zero-order valence-electron chi connectivity index (χ0n) is 16.0. The zero-order chi connectivity index (χ0) is 19.1. The zero-order valence-corrected chi connectivity index (χ0v) is 16.0. The number of aromatic nitrogens is 2. The van der Waals surface area contributed by atoms with Crippen LogP contribution in [-0.4, -0.2) is 45.7 Å². The lowest BCUT2D eigenvalue weighted by Gasteiger charge is -2.21.